The largest absolute Gasteiger partial charge is 0.461 e. The quantitative estimate of drug-likeness (QED) is 0.254. The van der Waals surface area contributed by atoms with Crippen LogP contribution in [-0.2, 0) is 32.0 Å². The summed E-state index contributed by atoms with van der Waals surface area (Å²) >= 11 is 6.69. The van der Waals surface area contributed by atoms with Gasteiger partial charge in [0.05, 0.1) is 19.8 Å². The van der Waals surface area contributed by atoms with Gasteiger partial charge in [-0.3, -0.25) is 9.05 Å². The fourth-order valence-electron chi connectivity index (χ4n) is 2.11. The third-order valence-corrected chi connectivity index (χ3v) is 6.69. The van der Waals surface area contributed by atoms with Gasteiger partial charge in [-0.1, -0.05) is 37.5 Å². The number of rotatable bonds is 13. The summed E-state index contributed by atoms with van der Waals surface area (Å²) in [7, 11) is 0. The maximum Gasteiger partial charge on any atom is 0.382 e. The SMILES string of the molecule is CCCCCCc1sc(OP(=S)(OCC)OCC)nc1C(=O)OCC. The fraction of sp³-hybridized carbons (Fsp3) is 0.750. The predicted octanol–water partition coefficient (Wildman–Crippen LogP) is 5.12. The lowest BCUT2D eigenvalue weighted by molar-refractivity contribution is 0.0518. The molecule has 0 bridgehead atoms. The number of ether oxygens (including phenoxy) is 1. The zero-order valence-electron chi connectivity index (χ0n) is 15.4. The third-order valence-electron chi connectivity index (χ3n) is 3.17. The molecule has 0 aliphatic rings. The van der Waals surface area contributed by atoms with E-state index in [1.165, 1.54) is 17.8 Å². The number of thiazole rings is 1. The maximum atomic E-state index is 12.2. The molecule has 0 N–H and O–H groups in total. The molecule has 0 atom stereocenters. The normalized spacial score (nSPS) is 11.5. The van der Waals surface area contributed by atoms with E-state index in [1.807, 2.05) is 13.8 Å². The third kappa shape index (κ3) is 7.71. The standard InChI is InChI=1S/C16H28NO5PS2/c1-5-9-10-11-12-13-14(15(18)19-6-2)17-16(25-13)22-23(24,20-7-3)21-8-4/h5-12H2,1-4H3. The van der Waals surface area contributed by atoms with E-state index in [4.69, 9.17) is 30.1 Å². The summed E-state index contributed by atoms with van der Waals surface area (Å²) < 4.78 is 21.8. The minimum atomic E-state index is -2.90. The van der Waals surface area contributed by atoms with Crippen LogP contribution < -0.4 is 4.52 Å². The van der Waals surface area contributed by atoms with Gasteiger partial charge in [0.25, 0.3) is 5.19 Å². The van der Waals surface area contributed by atoms with Gasteiger partial charge in [-0.2, -0.15) is 4.98 Å². The lowest BCUT2D eigenvalue weighted by Crippen LogP contribution is -2.08. The molecule has 0 radical (unpaired) electrons. The van der Waals surface area contributed by atoms with Crippen LogP contribution in [0.4, 0.5) is 0 Å². The monoisotopic (exact) mass is 409 g/mol. The van der Waals surface area contributed by atoms with E-state index in [0.29, 0.717) is 30.7 Å². The van der Waals surface area contributed by atoms with E-state index in [1.54, 1.807) is 6.92 Å². The summed E-state index contributed by atoms with van der Waals surface area (Å²) in [6, 6.07) is 0. The summed E-state index contributed by atoms with van der Waals surface area (Å²) in [5, 5.41) is 0.304. The first-order valence-corrected chi connectivity index (χ1v) is 12.1. The number of carbonyl (C=O) groups is 1. The van der Waals surface area contributed by atoms with Crippen molar-refractivity contribution in [2.75, 3.05) is 19.8 Å². The van der Waals surface area contributed by atoms with Gasteiger partial charge >= 0.3 is 12.7 Å². The molecule has 144 valence electrons. The summed E-state index contributed by atoms with van der Waals surface area (Å²) in [6.45, 7) is 5.76. The number of esters is 1. The molecule has 0 aliphatic carbocycles. The Morgan fingerprint density at radius 1 is 1.08 bits per heavy atom. The number of nitrogens with zero attached hydrogens (tertiary/aromatic N) is 1. The minimum absolute atomic E-state index is 0.303. The number of unbranched alkanes of at least 4 members (excludes halogenated alkanes) is 3. The van der Waals surface area contributed by atoms with Crippen LogP contribution in [0, 0.1) is 0 Å². The smallest absolute Gasteiger partial charge is 0.382 e. The topological polar surface area (TPSA) is 66.9 Å². The van der Waals surface area contributed by atoms with Crippen molar-refractivity contribution in [1.29, 1.82) is 0 Å². The van der Waals surface area contributed by atoms with E-state index >= 15 is 0 Å². The molecule has 0 saturated carbocycles. The van der Waals surface area contributed by atoms with Gasteiger partial charge in [-0.25, -0.2) is 4.79 Å². The van der Waals surface area contributed by atoms with Crippen LogP contribution in [0.25, 0.3) is 0 Å². The zero-order chi connectivity index (χ0) is 18.7. The van der Waals surface area contributed by atoms with Crippen LogP contribution in [0.3, 0.4) is 0 Å². The predicted molar refractivity (Wildman–Crippen MR) is 104 cm³/mol. The Morgan fingerprint density at radius 2 is 1.76 bits per heavy atom. The molecule has 6 nitrogen and oxygen atoms in total. The Bertz CT molecular complexity index is 569. The van der Waals surface area contributed by atoms with Crippen molar-refractivity contribution in [3.8, 4) is 5.19 Å². The van der Waals surface area contributed by atoms with Gasteiger partial charge in [0.1, 0.15) is 0 Å². The van der Waals surface area contributed by atoms with E-state index in [2.05, 4.69) is 11.9 Å². The molecule has 0 amide bonds. The van der Waals surface area contributed by atoms with Crippen molar-refractivity contribution in [3.05, 3.63) is 10.6 Å². The Kier molecular flexibility index (Phi) is 10.8. The molecule has 1 aromatic rings. The number of aryl methyl sites for hydroxylation is 1. The summed E-state index contributed by atoms with van der Waals surface area (Å²) in [6.07, 6.45) is 5.21. The maximum absolute atomic E-state index is 12.2. The summed E-state index contributed by atoms with van der Waals surface area (Å²) in [5.74, 6) is -0.430. The molecule has 0 aliphatic heterocycles. The van der Waals surface area contributed by atoms with E-state index < -0.39 is 12.7 Å². The highest BCUT2D eigenvalue weighted by atomic mass is 32.5. The molecule has 1 rings (SSSR count). The Labute approximate surface area is 159 Å². The van der Waals surface area contributed by atoms with Gasteiger partial charge < -0.3 is 9.26 Å². The molecule has 1 aromatic heterocycles. The van der Waals surface area contributed by atoms with Crippen LogP contribution in [0.15, 0.2) is 0 Å². The molecule has 0 fully saturated rings. The molecule has 0 spiro atoms. The van der Waals surface area contributed by atoms with Crippen molar-refractivity contribution in [3.63, 3.8) is 0 Å². The summed E-state index contributed by atoms with van der Waals surface area (Å²) in [5.41, 5.74) is 0.313. The van der Waals surface area contributed by atoms with Gasteiger partial charge in [0, 0.05) is 16.7 Å². The molecule has 0 aromatic carbocycles. The average molecular weight is 410 g/mol. The zero-order valence-corrected chi connectivity index (χ0v) is 17.9. The number of aromatic nitrogens is 1. The molecular formula is C16H28NO5PS2. The van der Waals surface area contributed by atoms with Gasteiger partial charge in [-0.05, 0) is 33.6 Å². The van der Waals surface area contributed by atoms with Crippen molar-refractivity contribution < 1.29 is 23.1 Å². The Hall–Kier alpha value is -0.530. The molecule has 0 saturated heterocycles. The van der Waals surface area contributed by atoms with Crippen molar-refractivity contribution in [1.82, 2.24) is 4.98 Å². The highest BCUT2D eigenvalue weighted by Gasteiger charge is 2.26. The second-order valence-electron chi connectivity index (χ2n) is 5.16. The molecule has 1 heterocycles. The van der Waals surface area contributed by atoms with Crippen molar-refractivity contribution in [2.24, 2.45) is 0 Å². The van der Waals surface area contributed by atoms with Crippen LogP contribution >= 0.6 is 18.1 Å². The van der Waals surface area contributed by atoms with Crippen LogP contribution in [-0.4, -0.2) is 30.8 Å². The fourth-order valence-corrected chi connectivity index (χ4v) is 5.41. The highest BCUT2D eigenvalue weighted by Crippen LogP contribution is 2.50. The number of hydrogen-bond acceptors (Lipinski definition) is 8. The second-order valence-corrected chi connectivity index (χ2v) is 9.14. The molecule has 0 unspecified atom stereocenters. The van der Waals surface area contributed by atoms with Gasteiger partial charge in [-0.15, -0.1) is 0 Å². The van der Waals surface area contributed by atoms with Crippen LogP contribution in [0.5, 0.6) is 5.19 Å². The van der Waals surface area contributed by atoms with Crippen molar-refractivity contribution in [2.45, 2.75) is 59.8 Å². The van der Waals surface area contributed by atoms with E-state index in [0.717, 1.165) is 30.6 Å². The lowest BCUT2D eigenvalue weighted by atomic mass is 10.1. The van der Waals surface area contributed by atoms with Crippen molar-refractivity contribution >= 4 is 35.8 Å². The first-order valence-electron chi connectivity index (χ1n) is 8.75. The summed E-state index contributed by atoms with van der Waals surface area (Å²) in [4.78, 5) is 17.3. The average Bonchev–Trinajstić information content (AvgIpc) is 2.94. The number of hydrogen-bond donors (Lipinski definition) is 0. The van der Waals surface area contributed by atoms with Gasteiger partial charge in [0.15, 0.2) is 5.69 Å². The first kappa shape index (κ1) is 22.5. The lowest BCUT2D eigenvalue weighted by Gasteiger charge is -2.18. The molecule has 9 heteroatoms. The Morgan fingerprint density at radius 3 is 2.32 bits per heavy atom. The van der Waals surface area contributed by atoms with Gasteiger partial charge in [0.2, 0.25) is 0 Å². The van der Waals surface area contributed by atoms with E-state index in [9.17, 15) is 4.79 Å². The minimum Gasteiger partial charge on any atom is -0.461 e. The molecule has 25 heavy (non-hydrogen) atoms. The molecular weight excluding hydrogens is 381 g/mol. The van der Waals surface area contributed by atoms with Crippen LogP contribution in [0.2, 0.25) is 0 Å². The first-order chi connectivity index (χ1) is 12.0. The van der Waals surface area contributed by atoms with Crippen LogP contribution in [0.1, 0.15) is 68.7 Å². The van der Waals surface area contributed by atoms with E-state index in [-0.39, 0.29) is 0 Å². The number of carbonyl (C=O) groups excluding carboxylic acids is 1. The second kappa shape index (κ2) is 12.0. The Balaban J connectivity index is 2.95. The highest BCUT2D eigenvalue weighted by molar-refractivity contribution is 8.07.